The first kappa shape index (κ1) is 21.0. The molecule has 1 N–H and O–H groups in total. The number of amides is 1. The first-order valence-corrected chi connectivity index (χ1v) is 9.49. The van der Waals surface area contributed by atoms with E-state index in [0.29, 0.717) is 15.6 Å². The molecule has 1 aromatic heterocycles. The largest absolute Gasteiger partial charge is 0.444 e. The fraction of sp³-hybridized carbons (Fsp3) is 0.100. The van der Waals surface area contributed by atoms with E-state index < -0.39 is 17.8 Å². The minimum absolute atomic E-state index is 0.0123. The number of aromatic nitrogens is 1. The standard InChI is InChI=1S/C20H14ClF3N2O2S/c21-16-8-1-2-9-17(16)29-18-13(5-4-10-25-18)12-28-19(27)26-15-7-3-6-14(11-15)20(22,23)24/h1-11H,12H2,(H,26,27). The van der Waals surface area contributed by atoms with Gasteiger partial charge in [0.05, 0.1) is 10.6 Å². The molecule has 0 saturated carbocycles. The number of halogens is 4. The zero-order valence-corrected chi connectivity index (χ0v) is 16.3. The molecule has 1 heterocycles. The highest BCUT2D eigenvalue weighted by molar-refractivity contribution is 7.99. The molecule has 0 fully saturated rings. The van der Waals surface area contributed by atoms with Crippen LogP contribution in [0.15, 0.2) is 76.8 Å². The van der Waals surface area contributed by atoms with Gasteiger partial charge in [-0.25, -0.2) is 9.78 Å². The lowest BCUT2D eigenvalue weighted by Gasteiger charge is -2.12. The van der Waals surface area contributed by atoms with E-state index in [9.17, 15) is 18.0 Å². The monoisotopic (exact) mass is 438 g/mol. The highest BCUT2D eigenvalue weighted by atomic mass is 35.5. The van der Waals surface area contributed by atoms with Crippen LogP contribution < -0.4 is 5.32 Å². The minimum atomic E-state index is -4.50. The quantitative estimate of drug-likeness (QED) is 0.484. The van der Waals surface area contributed by atoms with E-state index in [2.05, 4.69) is 10.3 Å². The van der Waals surface area contributed by atoms with Gasteiger partial charge in [0.15, 0.2) is 0 Å². The van der Waals surface area contributed by atoms with Crippen LogP contribution in [-0.4, -0.2) is 11.1 Å². The molecule has 1 amide bonds. The Balaban J connectivity index is 1.65. The van der Waals surface area contributed by atoms with Gasteiger partial charge in [0.25, 0.3) is 0 Å². The van der Waals surface area contributed by atoms with Crippen molar-refractivity contribution in [1.29, 1.82) is 0 Å². The molecule has 0 saturated heterocycles. The molecule has 9 heteroatoms. The number of nitrogens with zero attached hydrogens (tertiary/aromatic N) is 1. The first-order chi connectivity index (χ1) is 13.8. The smallest absolute Gasteiger partial charge is 0.416 e. The van der Waals surface area contributed by atoms with Gasteiger partial charge in [-0.05, 0) is 36.4 Å². The van der Waals surface area contributed by atoms with Crippen molar-refractivity contribution in [2.45, 2.75) is 22.7 Å². The van der Waals surface area contributed by atoms with Crippen LogP contribution in [0.3, 0.4) is 0 Å². The normalized spacial score (nSPS) is 11.2. The van der Waals surface area contributed by atoms with Crippen molar-refractivity contribution in [3.63, 3.8) is 0 Å². The zero-order valence-electron chi connectivity index (χ0n) is 14.7. The zero-order chi connectivity index (χ0) is 20.9. The van der Waals surface area contributed by atoms with Crippen LogP contribution in [0.25, 0.3) is 0 Å². The molecule has 29 heavy (non-hydrogen) atoms. The van der Waals surface area contributed by atoms with E-state index in [1.165, 1.54) is 23.9 Å². The second-order valence-electron chi connectivity index (χ2n) is 5.78. The third kappa shape index (κ3) is 5.88. The number of ether oxygens (including phenoxy) is 1. The highest BCUT2D eigenvalue weighted by Crippen LogP contribution is 2.34. The first-order valence-electron chi connectivity index (χ1n) is 8.30. The number of anilines is 1. The summed E-state index contributed by atoms with van der Waals surface area (Å²) in [6.07, 6.45) is -3.77. The third-order valence-corrected chi connectivity index (χ3v) is 5.27. The number of hydrogen-bond donors (Lipinski definition) is 1. The summed E-state index contributed by atoms with van der Waals surface area (Å²) in [4.78, 5) is 17.1. The van der Waals surface area contributed by atoms with Gasteiger partial charge in [-0.3, -0.25) is 5.32 Å². The van der Waals surface area contributed by atoms with Crippen molar-refractivity contribution < 1.29 is 22.7 Å². The van der Waals surface area contributed by atoms with E-state index in [4.69, 9.17) is 16.3 Å². The van der Waals surface area contributed by atoms with Crippen LogP contribution in [0.2, 0.25) is 5.02 Å². The van der Waals surface area contributed by atoms with E-state index in [1.54, 1.807) is 24.4 Å². The van der Waals surface area contributed by atoms with Gasteiger partial charge in [-0.1, -0.05) is 47.6 Å². The maximum absolute atomic E-state index is 12.8. The van der Waals surface area contributed by atoms with E-state index in [1.807, 2.05) is 18.2 Å². The van der Waals surface area contributed by atoms with Crippen LogP contribution in [0.1, 0.15) is 11.1 Å². The van der Waals surface area contributed by atoms with E-state index in [0.717, 1.165) is 17.0 Å². The molecule has 0 radical (unpaired) electrons. The van der Waals surface area contributed by atoms with Crippen LogP contribution in [0, 0.1) is 0 Å². The van der Waals surface area contributed by atoms with Crippen LogP contribution >= 0.6 is 23.4 Å². The molecule has 0 bridgehead atoms. The number of carbonyl (C=O) groups excluding carboxylic acids is 1. The molecule has 3 rings (SSSR count). The lowest BCUT2D eigenvalue weighted by atomic mass is 10.2. The molecule has 0 spiro atoms. The van der Waals surface area contributed by atoms with Gasteiger partial charge in [0.2, 0.25) is 0 Å². The van der Waals surface area contributed by atoms with Gasteiger partial charge in [-0.2, -0.15) is 13.2 Å². The van der Waals surface area contributed by atoms with Crippen molar-refractivity contribution in [2.24, 2.45) is 0 Å². The Morgan fingerprint density at radius 1 is 1.10 bits per heavy atom. The van der Waals surface area contributed by atoms with Crippen molar-refractivity contribution in [2.75, 3.05) is 5.32 Å². The number of benzene rings is 2. The maximum Gasteiger partial charge on any atom is 0.416 e. The SMILES string of the molecule is O=C(Nc1cccc(C(F)(F)F)c1)OCc1cccnc1Sc1ccccc1Cl. The number of carbonyl (C=O) groups is 1. The summed E-state index contributed by atoms with van der Waals surface area (Å²) in [6.45, 7) is -0.106. The van der Waals surface area contributed by atoms with Gasteiger partial charge in [0.1, 0.15) is 11.6 Å². The van der Waals surface area contributed by atoms with E-state index >= 15 is 0 Å². The number of pyridine rings is 1. The summed E-state index contributed by atoms with van der Waals surface area (Å²) >= 11 is 7.49. The predicted octanol–water partition coefficient (Wildman–Crippen LogP) is 6.65. The summed E-state index contributed by atoms with van der Waals surface area (Å²) in [5, 5.41) is 3.46. The molecule has 4 nitrogen and oxygen atoms in total. The Kier molecular flexibility index (Phi) is 6.66. The average Bonchev–Trinajstić information content (AvgIpc) is 2.68. The number of hydrogen-bond acceptors (Lipinski definition) is 4. The number of alkyl halides is 3. The molecular weight excluding hydrogens is 425 g/mol. The molecule has 0 atom stereocenters. The van der Waals surface area contributed by atoms with Gasteiger partial charge < -0.3 is 4.74 Å². The fourth-order valence-corrected chi connectivity index (χ4v) is 3.47. The molecule has 0 aliphatic heterocycles. The Bertz CT molecular complexity index is 1010. The van der Waals surface area contributed by atoms with E-state index in [-0.39, 0.29) is 12.3 Å². The lowest BCUT2D eigenvalue weighted by Crippen LogP contribution is -2.14. The number of nitrogens with one attached hydrogen (secondary N) is 1. The highest BCUT2D eigenvalue weighted by Gasteiger charge is 2.30. The summed E-state index contributed by atoms with van der Waals surface area (Å²) in [5.41, 5.74) is -0.237. The lowest BCUT2D eigenvalue weighted by molar-refractivity contribution is -0.137. The Morgan fingerprint density at radius 2 is 1.90 bits per heavy atom. The Morgan fingerprint density at radius 3 is 2.66 bits per heavy atom. The Hall–Kier alpha value is -2.71. The molecule has 0 aliphatic carbocycles. The topological polar surface area (TPSA) is 51.2 Å². The Labute approximate surface area is 174 Å². The third-order valence-electron chi connectivity index (χ3n) is 3.69. The van der Waals surface area contributed by atoms with Crippen LogP contribution in [-0.2, 0) is 17.5 Å². The maximum atomic E-state index is 12.8. The molecule has 2 aromatic carbocycles. The van der Waals surface area contributed by atoms with Crippen LogP contribution in [0.5, 0.6) is 0 Å². The predicted molar refractivity (Wildman–Crippen MR) is 105 cm³/mol. The van der Waals surface area contributed by atoms with Crippen molar-refractivity contribution in [1.82, 2.24) is 4.98 Å². The number of rotatable bonds is 5. The van der Waals surface area contributed by atoms with Gasteiger partial charge >= 0.3 is 12.3 Å². The van der Waals surface area contributed by atoms with Gasteiger partial charge in [0, 0.05) is 22.3 Å². The molecule has 150 valence electrons. The summed E-state index contributed by atoms with van der Waals surface area (Å²) in [7, 11) is 0. The van der Waals surface area contributed by atoms with Crippen molar-refractivity contribution >= 4 is 35.1 Å². The molecule has 0 unspecified atom stereocenters. The van der Waals surface area contributed by atoms with Crippen molar-refractivity contribution in [3.8, 4) is 0 Å². The van der Waals surface area contributed by atoms with Gasteiger partial charge in [-0.15, -0.1) is 0 Å². The minimum Gasteiger partial charge on any atom is -0.444 e. The second-order valence-corrected chi connectivity index (χ2v) is 7.22. The second kappa shape index (κ2) is 9.19. The summed E-state index contributed by atoms with van der Waals surface area (Å²) in [6, 6.07) is 15.0. The van der Waals surface area contributed by atoms with Crippen molar-refractivity contribution in [3.05, 3.63) is 83.0 Å². The van der Waals surface area contributed by atoms with Crippen LogP contribution in [0.4, 0.5) is 23.7 Å². The summed E-state index contributed by atoms with van der Waals surface area (Å²) < 4.78 is 43.4. The molecule has 3 aromatic rings. The average molecular weight is 439 g/mol. The molecule has 0 aliphatic rings. The fourth-order valence-electron chi connectivity index (χ4n) is 2.33. The molecular formula is C20H14ClF3N2O2S. The summed E-state index contributed by atoms with van der Waals surface area (Å²) in [5.74, 6) is 0.